The first-order valence-electron chi connectivity index (χ1n) is 6.77. The highest BCUT2D eigenvalue weighted by Crippen LogP contribution is 2.30. The van der Waals surface area contributed by atoms with Gasteiger partial charge in [-0.3, -0.25) is 21.2 Å². The maximum atomic E-state index is 5.80. The summed E-state index contributed by atoms with van der Waals surface area (Å²) in [6, 6.07) is 4.16. The summed E-state index contributed by atoms with van der Waals surface area (Å²) >= 11 is 0. The zero-order valence-corrected chi connectivity index (χ0v) is 12.0. The Bertz CT molecular complexity index is 398. The molecule has 2 rings (SSSR count). The Morgan fingerprint density at radius 1 is 1.37 bits per heavy atom. The summed E-state index contributed by atoms with van der Waals surface area (Å²) in [5, 5.41) is 0. The predicted octanol–water partition coefficient (Wildman–Crippen LogP) is 1.01. The van der Waals surface area contributed by atoms with Crippen LogP contribution in [-0.2, 0) is 4.74 Å². The lowest BCUT2D eigenvalue weighted by Gasteiger charge is -2.45. The maximum absolute atomic E-state index is 5.80. The molecule has 5 nitrogen and oxygen atoms in total. The summed E-state index contributed by atoms with van der Waals surface area (Å²) in [4.78, 5) is 6.79. The van der Waals surface area contributed by atoms with Gasteiger partial charge < -0.3 is 4.74 Å². The third-order valence-corrected chi connectivity index (χ3v) is 3.97. The molecule has 0 radical (unpaired) electrons. The molecule has 0 spiro atoms. The lowest BCUT2D eigenvalue weighted by Crippen LogP contribution is -2.57. The van der Waals surface area contributed by atoms with E-state index in [0.717, 1.165) is 37.6 Å². The van der Waals surface area contributed by atoms with Crippen LogP contribution < -0.4 is 11.3 Å². The molecule has 1 aromatic heterocycles. The standard InChI is InChI=1S/C14H24N4O/c1-11-4-5-12(10-16-11)13(17-15)14(2,3)18-6-8-19-9-7-18/h4-5,10,13,17H,6-9,15H2,1-3H3. The molecule has 19 heavy (non-hydrogen) atoms. The molecular weight excluding hydrogens is 240 g/mol. The van der Waals surface area contributed by atoms with Crippen LogP contribution in [0.4, 0.5) is 0 Å². The second kappa shape index (κ2) is 5.96. The monoisotopic (exact) mass is 264 g/mol. The molecule has 2 heterocycles. The smallest absolute Gasteiger partial charge is 0.0653 e. The number of hydrogen-bond acceptors (Lipinski definition) is 5. The number of ether oxygens (including phenoxy) is 1. The van der Waals surface area contributed by atoms with Crippen LogP contribution in [-0.4, -0.2) is 41.7 Å². The number of pyridine rings is 1. The van der Waals surface area contributed by atoms with Crippen LogP contribution in [0.5, 0.6) is 0 Å². The SMILES string of the molecule is Cc1ccc(C(NN)C(C)(C)N2CCOCC2)cn1. The Labute approximate surface area is 115 Å². The maximum Gasteiger partial charge on any atom is 0.0653 e. The van der Waals surface area contributed by atoms with E-state index in [1.54, 1.807) is 0 Å². The average molecular weight is 264 g/mol. The van der Waals surface area contributed by atoms with Crippen LogP contribution in [0.1, 0.15) is 31.1 Å². The number of nitrogens with one attached hydrogen (secondary N) is 1. The Morgan fingerprint density at radius 3 is 2.58 bits per heavy atom. The van der Waals surface area contributed by atoms with E-state index in [2.05, 4.69) is 35.2 Å². The van der Waals surface area contributed by atoms with Gasteiger partial charge in [0.1, 0.15) is 0 Å². The Kier molecular flexibility index (Phi) is 4.52. The third kappa shape index (κ3) is 3.12. The van der Waals surface area contributed by atoms with Crippen molar-refractivity contribution in [3.63, 3.8) is 0 Å². The fourth-order valence-electron chi connectivity index (χ4n) is 2.68. The van der Waals surface area contributed by atoms with Crippen molar-refractivity contribution in [2.45, 2.75) is 32.4 Å². The van der Waals surface area contributed by atoms with Gasteiger partial charge in [-0.15, -0.1) is 0 Å². The van der Waals surface area contributed by atoms with Crippen molar-refractivity contribution in [2.75, 3.05) is 26.3 Å². The van der Waals surface area contributed by atoms with Crippen LogP contribution in [0, 0.1) is 6.92 Å². The third-order valence-electron chi connectivity index (χ3n) is 3.97. The second-order valence-corrected chi connectivity index (χ2v) is 5.59. The van der Waals surface area contributed by atoms with Crippen molar-refractivity contribution in [3.8, 4) is 0 Å². The molecule has 0 aliphatic carbocycles. The molecule has 1 saturated heterocycles. The molecule has 1 aliphatic heterocycles. The molecular formula is C14H24N4O. The second-order valence-electron chi connectivity index (χ2n) is 5.59. The number of aromatic nitrogens is 1. The van der Waals surface area contributed by atoms with Crippen LogP contribution >= 0.6 is 0 Å². The lowest BCUT2D eigenvalue weighted by molar-refractivity contribution is -0.0239. The molecule has 1 atom stereocenters. The molecule has 3 N–H and O–H groups in total. The van der Waals surface area contributed by atoms with Crippen LogP contribution in [0.3, 0.4) is 0 Å². The Balaban J connectivity index is 2.21. The first kappa shape index (κ1) is 14.4. The molecule has 0 aromatic carbocycles. The van der Waals surface area contributed by atoms with Crippen LogP contribution in [0.15, 0.2) is 18.3 Å². The highest BCUT2D eigenvalue weighted by Gasteiger charge is 2.36. The molecule has 1 aromatic rings. The summed E-state index contributed by atoms with van der Waals surface area (Å²) < 4.78 is 5.42. The number of aryl methyl sites for hydroxylation is 1. The van der Waals surface area contributed by atoms with Crippen LogP contribution in [0.25, 0.3) is 0 Å². The quantitative estimate of drug-likeness (QED) is 0.627. The summed E-state index contributed by atoms with van der Waals surface area (Å²) in [6.45, 7) is 9.85. The average Bonchev–Trinajstić information content (AvgIpc) is 2.42. The zero-order chi connectivity index (χ0) is 13.9. The first-order valence-corrected chi connectivity index (χ1v) is 6.77. The van der Waals surface area contributed by atoms with E-state index in [9.17, 15) is 0 Å². The van der Waals surface area contributed by atoms with Crippen molar-refractivity contribution in [3.05, 3.63) is 29.6 Å². The minimum Gasteiger partial charge on any atom is -0.379 e. The summed E-state index contributed by atoms with van der Waals surface area (Å²) in [6.07, 6.45) is 1.90. The number of nitrogens with two attached hydrogens (primary N) is 1. The van der Waals surface area contributed by atoms with Gasteiger partial charge in [-0.05, 0) is 32.4 Å². The van der Waals surface area contributed by atoms with Gasteiger partial charge in [-0.1, -0.05) is 6.07 Å². The summed E-state index contributed by atoms with van der Waals surface area (Å²) in [5.41, 5.74) is 5.00. The van der Waals surface area contributed by atoms with E-state index < -0.39 is 0 Å². The van der Waals surface area contributed by atoms with Gasteiger partial charge >= 0.3 is 0 Å². The molecule has 1 aliphatic rings. The topological polar surface area (TPSA) is 63.4 Å². The van der Waals surface area contributed by atoms with E-state index in [-0.39, 0.29) is 11.6 Å². The summed E-state index contributed by atoms with van der Waals surface area (Å²) in [7, 11) is 0. The number of rotatable bonds is 4. The van der Waals surface area contributed by atoms with E-state index in [0.29, 0.717) is 0 Å². The molecule has 1 fully saturated rings. The molecule has 0 amide bonds. The largest absolute Gasteiger partial charge is 0.379 e. The number of morpholine rings is 1. The van der Waals surface area contributed by atoms with Crippen molar-refractivity contribution < 1.29 is 4.74 Å². The van der Waals surface area contributed by atoms with Gasteiger partial charge in [-0.25, -0.2) is 0 Å². The van der Waals surface area contributed by atoms with E-state index >= 15 is 0 Å². The van der Waals surface area contributed by atoms with E-state index in [1.165, 1.54) is 0 Å². The minimum atomic E-state index is -0.0878. The Morgan fingerprint density at radius 2 is 2.05 bits per heavy atom. The van der Waals surface area contributed by atoms with Crippen molar-refractivity contribution in [2.24, 2.45) is 5.84 Å². The molecule has 1 unspecified atom stereocenters. The summed E-state index contributed by atoms with van der Waals surface area (Å²) in [5.74, 6) is 5.80. The van der Waals surface area contributed by atoms with Crippen molar-refractivity contribution >= 4 is 0 Å². The number of hydrazine groups is 1. The zero-order valence-electron chi connectivity index (χ0n) is 12.0. The van der Waals surface area contributed by atoms with Gasteiger partial charge in [0.2, 0.25) is 0 Å². The van der Waals surface area contributed by atoms with E-state index in [1.807, 2.05) is 19.2 Å². The van der Waals surface area contributed by atoms with Gasteiger partial charge in [0, 0.05) is 30.5 Å². The van der Waals surface area contributed by atoms with Gasteiger partial charge in [-0.2, -0.15) is 0 Å². The molecule has 5 heteroatoms. The van der Waals surface area contributed by atoms with Crippen LogP contribution in [0.2, 0.25) is 0 Å². The fraction of sp³-hybridized carbons (Fsp3) is 0.643. The molecule has 0 saturated carbocycles. The van der Waals surface area contributed by atoms with Gasteiger partial charge in [0.15, 0.2) is 0 Å². The van der Waals surface area contributed by atoms with E-state index in [4.69, 9.17) is 10.6 Å². The van der Waals surface area contributed by atoms with Gasteiger partial charge in [0.05, 0.1) is 19.3 Å². The number of hydrogen-bond donors (Lipinski definition) is 2. The number of nitrogens with zero attached hydrogens (tertiary/aromatic N) is 2. The van der Waals surface area contributed by atoms with Crippen molar-refractivity contribution in [1.82, 2.24) is 15.3 Å². The molecule has 0 bridgehead atoms. The highest BCUT2D eigenvalue weighted by molar-refractivity contribution is 5.21. The lowest BCUT2D eigenvalue weighted by atomic mass is 9.87. The normalized spacial score (nSPS) is 19.4. The minimum absolute atomic E-state index is 0.0405. The highest BCUT2D eigenvalue weighted by atomic mass is 16.5. The first-order chi connectivity index (χ1) is 9.05. The van der Waals surface area contributed by atoms with Gasteiger partial charge in [0.25, 0.3) is 0 Å². The fourth-order valence-corrected chi connectivity index (χ4v) is 2.68. The molecule has 106 valence electrons. The van der Waals surface area contributed by atoms with Crippen molar-refractivity contribution in [1.29, 1.82) is 0 Å². The Hall–Kier alpha value is -1.01. The predicted molar refractivity (Wildman–Crippen MR) is 75.5 cm³/mol.